The number of rotatable bonds is 3. The van der Waals surface area contributed by atoms with Crippen molar-refractivity contribution in [1.82, 2.24) is 4.98 Å². The maximum absolute atomic E-state index is 10.4. The number of aliphatic hydroxyl groups is 1. The highest BCUT2D eigenvalue weighted by molar-refractivity contribution is 5.86. The number of aryl methyl sites for hydroxylation is 1. The molecule has 2 aromatic rings. The molecule has 2 nitrogen and oxygen atoms in total. The lowest BCUT2D eigenvalue weighted by molar-refractivity contribution is 0.0800. The summed E-state index contributed by atoms with van der Waals surface area (Å²) in [6, 6.07) is 8.27. The molecule has 1 aromatic carbocycles. The summed E-state index contributed by atoms with van der Waals surface area (Å²) in [6.45, 7) is 10.1. The van der Waals surface area contributed by atoms with Crippen LogP contribution in [-0.4, -0.2) is 10.1 Å². The lowest BCUT2D eigenvalue weighted by atomic mass is 9.91. The lowest BCUT2D eigenvalue weighted by Crippen LogP contribution is -2.17. The van der Waals surface area contributed by atoms with E-state index in [1.165, 1.54) is 5.56 Å². The fraction of sp³-hybridized carbons (Fsp3) is 0.471. The Hall–Kier alpha value is -1.41. The third-order valence-corrected chi connectivity index (χ3v) is 3.57. The maximum Gasteiger partial charge on any atom is 0.0847 e. The summed E-state index contributed by atoms with van der Waals surface area (Å²) in [7, 11) is 0. The quantitative estimate of drug-likeness (QED) is 0.896. The van der Waals surface area contributed by atoms with Crippen molar-refractivity contribution in [2.24, 2.45) is 0 Å². The highest BCUT2D eigenvalue weighted by atomic mass is 16.3. The highest BCUT2D eigenvalue weighted by Crippen LogP contribution is 2.31. The fourth-order valence-corrected chi connectivity index (χ4v) is 2.41. The van der Waals surface area contributed by atoms with Crippen LogP contribution in [0.1, 0.15) is 57.4 Å². The second-order valence-corrected chi connectivity index (χ2v) is 5.98. The van der Waals surface area contributed by atoms with Gasteiger partial charge in [0.15, 0.2) is 0 Å². The van der Waals surface area contributed by atoms with Crippen molar-refractivity contribution in [1.29, 1.82) is 0 Å². The van der Waals surface area contributed by atoms with Gasteiger partial charge >= 0.3 is 0 Å². The molecular weight excluding hydrogens is 234 g/mol. The van der Waals surface area contributed by atoms with Gasteiger partial charge in [0.05, 0.1) is 11.1 Å². The maximum atomic E-state index is 10.4. The van der Waals surface area contributed by atoms with E-state index < -0.39 is 5.60 Å². The van der Waals surface area contributed by atoms with Crippen molar-refractivity contribution in [2.75, 3.05) is 0 Å². The fourth-order valence-electron chi connectivity index (χ4n) is 2.41. The van der Waals surface area contributed by atoms with Crippen molar-refractivity contribution in [3.63, 3.8) is 0 Å². The zero-order valence-electron chi connectivity index (χ0n) is 12.5. The third kappa shape index (κ3) is 2.64. The molecular formula is C17H23NO. The van der Waals surface area contributed by atoms with Gasteiger partial charge in [-0.15, -0.1) is 0 Å². The molecule has 0 amide bonds. The average molecular weight is 257 g/mol. The molecule has 0 atom stereocenters. The molecule has 0 saturated carbocycles. The van der Waals surface area contributed by atoms with Crippen LogP contribution in [0.5, 0.6) is 0 Å². The first-order chi connectivity index (χ1) is 8.84. The zero-order chi connectivity index (χ0) is 14.2. The Balaban J connectivity index is 2.86. The van der Waals surface area contributed by atoms with Crippen LogP contribution in [0.25, 0.3) is 10.9 Å². The van der Waals surface area contributed by atoms with Crippen LogP contribution in [0.3, 0.4) is 0 Å². The first kappa shape index (κ1) is 14.0. The second-order valence-electron chi connectivity index (χ2n) is 5.98. The van der Waals surface area contributed by atoms with Gasteiger partial charge in [0.1, 0.15) is 0 Å². The second kappa shape index (κ2) is 4.93. The topological polar surface area (TPSA) is 33.1 Å². The number of hydrogen-bond donors (Lipinski definition) is 1. The van der Waals surface area contributed by atoms with Gasteiger partial charge in [-0.1, -0.05) is 39.0 Å². The Labute approximate surface area is 115 Å². The van der Waals surface area contributed by atoms with E-state index in [4.69, 9.17) is 4.98 Å². The van der Waals surface area contributed by atoms with Gasteiger partial charge in [0.25, 0.3) is 0 Å². The van der Waals surface area contributed by atoms with E-state index in [2.05, 4.69) is 32.9 Å². The van der Waals surface area contributed by atoms with Crippen LogP contribution in [0.4, 0.5) is 0 Å². The van der Waals surface area contributed by atoms with Crippen molar-refractivity contribution < 1.29 is 5.11 Å². The first-order valence-electron chi connectivity index (χ1n) is 7.00. The molecule has 1 N–H and O–H groups in total. The minimum atomic E-state index is -0.850. The van der Waals surface area contributed by atoms with E-state index in [0.29, 0.717) is 5.92 Å². The predicted octanol–water partition coefficient (Wildman–Crippen LogP) is 4.15. The van der Waals surface area contributed by atoms with E-state index in [1.54, 1.807) is 0 Å². The molecule has 0 saturated heterocycles. The first-order valence-corrected chi connectivity index (χ1v) is 7.00. The molecule has 0 aliphatic heterocycles. The Morgan fingerprint density at radius 1 is 1.26 bits per heavy atom. The monoisotopic (exact) mass is 257 g/mol. The van der Waals surface area contributed by atoms with Gasteiger partial charge in [0.2, 0.25) is 0 Å². The summed E-state index contributed by atoms with van der Waals surface area (Å²) >= 11 is 0. The van der Waals surface area contributed by atoms with Crippen LogP contribution < -0.4 is 0 Å². The standard InChI is InChI=1S/C17H23NO/c1-6-12-8-7-9-13-14(17(4,5)19)10-15(11(2)3)18-16(12)13/h7-11,19H,6H2,1-5H3. The van der Waals surface area contributed by atoms with Crippen LogP contribution in [-0.2, 0) is 12.0 Å². The normalized spacial score (nSPS) is 12.4. The van der Waals surface area contributed by atoms with Gasteiger partial charge < -0.3 is 5.11 Å². The molecule has 0 fully saturated rings. The SMILES string of the molecule is CCc1cccc2c(C(C)(C)O)cc(C(C)C)nc12. The molecule has 19 heavy (non-hydrogen) atoms. The van der Waals surface area contributed by atoms with Crippen molar-refractivity contribution in [2.45, 2.75) is 52.6 Å². The number of aromatic nitrogens is 1. The molecule has 0 aliphatic rings. The number of hydrogen-bond acceptors (Lipinski definition) is 2. The molecule has 1 heterocycles. The molecule has 1 aromatic heterocycles. The van der Waals surface area contributed by atoms with Gasteiger partial charge in [-0.25, -0.2) is 0 Å². The molecule has 0 unspecified atom stereocenters. The third-order valence-electron chi connectivity index (χ3n) is 3.57. The van der Waals surface area contributed by atoms with Crippen LogP contribution in [0.15, 0.2) is 24.3 Å². The lowest BCUT2D eigenvalue weighted by Gasteiger charge is -2.22. The van der Waals surface area contributed by atoms with Crippen LogP contribution in [0, 0.1) is 0 Å². The molecule has 0 aliphatic carbocycles. The largest absolute Gasteiger partial charge is 0.386 e. The van der Waals surface area contributed by atoms with E-state index in [0.717, 1.165) is 28.6 Å². The summed E-state index contributed by atoms with van der Waals surface area (Å²) in [5, 5.41) is 11.5. The van der Waals surface area contributed by atoms with E-state index in [9.17, 15) is 5.11 Å². The Kier molecular flexibility index (Phi) is 3.64. The molecule has 0 radical (unpaired) electrons. The zero-order valence-corrected chi connectivity index (χ0v) is 12.5. The predicted molar refractivity (Wildman–Crippen MR) is 80.5 cm³/mol. The number of nitrogens with zero attached hydrogens (tertiary/aromatic N) is 1. The number of benzene rings is 1. The van der Waals surface area contributed by atoms with E-state index in [1.807, 2.05) is 26.0 Å². The van der Waals surface area contributed by atoms with Crippen LogP contribution >= 0.6 is 0 Å². The molecule has 0 spiro atoms. The van der Waals surface area contributed by atoms with Gasteiger partial charge in [0, 0.05) is 11.1 Å². The molecule has 102 valence electrons. The summed E-state index contributed by atoms with van der Waals surface area (Å²) in [5.74, 6) is 0.357. The highest BCUT2D eigenvalue weighted by Gasteiger charge is 2.21. The van der Waals surface area contributed by atoms with Crippen molar-refractivity contribution in [3.05, 3.63) is 41.1 Å². The minimum Gasteiger partial charge on any atom is -0.386 e. The molecule has 2 rings (SSSR count). The van der Waals surface area contributed by atoms with Gasteiger partial charge in [-0.2, -0.15) is 0 Å². The summed E-state index contributed by atoms with van der Waals surface area (Å²) in [6.07, 6.45) is 0.956. The summed E-state index contributed by atoms with van der Waals surface area (Å²) < 4.78 is 0. The Bertz CT molecular complexity index is 594. The van der Waals surface area contributed by atoms with Gasteiger partial charge in [-0.3, -0.25) is 4.98 Å². The average Bonchev–Trinajstić information content (AvgIpc) is 2.35. The van der Waals surface area contributed by atoms with E-state index >= 15 is 0 Å². The Morgan fingerprint density at radius 3 is 2.47 bits per heavy atom. The minimum absolute atomic E-state index is 0.357. The smallest absolute Gasteiger partial charge is 0.0847 e. The summed E-state index contributed by atoms with van der Waals surface area (Å²) in [5.41, 5.74) is 3.44. The van der Waals surface area contributed by atoms with Crippen molar-refractivity contribution in [3.8, 4) is 0 Å². The molecule has 0 bridgehead atoms. The van der Waals surface area contributed by atoms with E-state index in [-0.39, 0.29) is 0 Å². The number of pyridine rings is 1. The Morgan fingerprint density at radius 2 is 1.95 bits per heavy atom. The van der Waals surface area contributed by atoms with Gasteiger partial charge in [-0.05, 0) is 43.4 Å². The van der Waals surface area contributed by atoms with Crippen LogP contribution in [0.2, 0.25) is 0 Å². The number of fused-ring (bicyclic) bond motifs is 1. The number of para-hydroxylation sites is 1. The summed E-state index contributed by atoms with van der Waals surface area (Å²) in [4.78, 5) is 4.81. The molecule has 2 heteroatoms. The van der Waals surface area contributed by atoms with Crippen molar-refractivity contribution >= 4 is 10.9 Å².